The van der Waals surface area contributed by atoms with Crippen LogP contribution in [0.5, 0.6) is 0 Å². The molecule has 1 N–H and O–H groups in total. The fraction of sp³-hybridized carbons (Fsp3) is 0.160. The van der Waals surface area contributed by atoms with Crippen molar-refractivity contribution in [1.29, 1.82) is 0 Å². The molecule has 0 amide bonds. The molecule has 5 aromatic carbocycles. The van der Waals surface area contributed by atoms with E-state index < -0.39 is 5.41 Å². The van der Waals surface area contributed by atoms with Gasteiger partial charge in [0.2, 0.25) is 0 Å². The predicted octanol–water partition coefficient (Wildman–Crippen LogP) is 13.9. The van der Waals surface area contributed by atoms with Gasteiger partial charge in [-0.2, -0.15) is 0 Å². The second-order valence-corrected chi connectivity index (χ2v) is 13.2. The van der Waals surface area contributed by atoms with Crippen LogP contribution in [0.25, 0.3) is 16.7 Å². The molecular weight excluding hydrogens is 615 g/mol. The number of hydrogen-bond donors (Lipinski definition) is 1. The summed E-state index contributed by atoms with van der Waals surface area (Å²) in [6.45, 7) is 20.2. The third kappa shape index (κ3) is 8.56. The zero-order valence-electron chi connectivity index (χ0n) is 30.9. The van der Waals surface area contributed by atoms with Crippen LogP contribution in [0.15, 0.2) is 189 Å². The van der Waals surface area contributed by atoms with E-state index in [1.165, 1.54) is 33.4 Å². The first-order valence-electron chi connectivity index (χ1n) is 18.0. The molecule has 1 heteroatoms. The Kier molecular flexibility index (Phi) is 12.4. The van der Waals surface area contributed by atoms with E-state index >= 15 is 0 Å². The highest BCUT2D eigenvalue weighted by Crippen LogP contribution is 2.47. The second-order valence-electron chi connectivity index (χ2n) is 13.2. The lowest BCUT2D eigenvalue weighted by Gasteiger charge is -2.38. The Morgan fingerprint density at radius 1 is 0.745 bits per heavy atom. The van der Waals surface area contributed by atoms with Crippen molar-refractivity contribution < 1.29 is 0 Å². The molecule has 5 rings (SSSR count). The summed E-state index contributed by atoms with van der Waals surface area (Å²) in [4.78, 5) is 0. The van der Waals surface area contributed by atoms with E-state index in [-0.39, 0.29) is 5.92 Å². The van der Waals surface area contributed by atoms with Crippen molar-refractivity contribution in [2.24, 2.45) is 0 Å². The molecule has 1 nitrogen and oxygen atoms in total. The van der Waals surface area contributed by atoms with Crippen LogP contribution in [-0.4, -0.2) is 0 Å². The first-order chi connectivity index (χ1) is 24.8. The minimum absolute atomic E-state index is 0.285. The second kappa shape index (κ2) is 17.3. The van der Waals surface area contributed by atoms with Gasteiger partial charge < -0.3 is 5.32 Å². The average molecular weight is 666 g/mol. The van der Waals surface area contributed by atoms with E-state index in [1.54, 1.807) is 0 Å². The molecule has 0 aliphatic rings. The van der Waals surface area contributed by atoms with E-state index in [4.69, 9.17) is 6.58 Å². The topological polar surface area (TPSA) is 12.0 Å². The molecule has 0 aliphatic heterocycles. The number of rotatable bonds is 12. The number of allylic oxidation sites excluding steroid dienone is 6. The van der Waals surface area contributed by atoms with Gasteiger partial charge in [-0.3, -0.25) is 0 Å². The molecule has 0 spiro atoms. The Morgan fingerprint density at radius 2 is 1.39 bits per heavy atom. The molecule has 0 aliphatic carbocycles. The van der Waals surface area contributed by atoms with Crippen LogP contribution in [0.2, 0.25) is 0 Å². The van der Waals surface area contributed by atoms with Gasteiger partial charge in [0.05, 0.1) is 0 Å². The summed E-state index contributed by atoms with van der Waals surface area (Å²) >= 11 is 0. The third-order valence-electron chi connectivity index (χ3n) is 9.76. The summed E-state index contributed by atoms with van der Waals surface area (Å²) in [5.41, 5.74) is 13.3. The zero-order chi connectivity index (χ0) is 36.2. The highest BCUT2D eigenvalue weighted by molar-refractivity contribution is 5.83. The Morgan fingerprint density at radius 3 is 2.10 bits per heavy atom. The lowest BCUT2D eigenvalue weighted by atomic mass is 9.65. The summed E-state index contributed by atoms with van der Waals surface area (Å²) in [6.07, 6.45) is 9.41. The summed E-state index contributed by atoms with van der Waals surface area (Å²) in [5.74, 6) is 0.285. The van der Waals surface area contributed by atoms with Crippen LogP contribution in [0.3, 0.4) is 0 Å². The SMILES string of the molecule is C=C/C=C(\C(=C)c1cccccccc(C)c1)C(C)(c1cccc(Nc2ccc(-c3ccccc3)cc2)c1)c1cccc(C(C)/C=C\C)c1CC. The molecule has 0 heterocycles. The molecule has 0 bridgehead atoms. The van der Waals surface area contributed by atoms with Crippen molar-refractivity contribution in [2.75, 3.05) is 5.32 Å². The largest absolute Gasteiger partial charge is 0.356 e. The van der Waals surface area contributed by atoms with Gasteiger partial charge in [0, 0.05) is 16.8 Å². The van der Waals surface area contributed by atoms with Gasteiger partial charge in [-0.25, -0.2) is 0 Å². The Balaban J connectivity index is 1.70. The number of benzene rings is 4. The highest BCUT2D eigenvalue weighted by Gasteiger charge is 2.37. The average Bonchev–Trinajstić information content (AvgIpc) is 3.16. The van der Waals surface area contributed by atoms with Crippen LogP contribution < -0.4 is 5.32 Å². The highest BCUT2D eigenvalue weighted by atomic mass is 14.9. The van der Waals surface area contributed by atoms with E-state index in [0.29, 0.717) is 0 Å². The van der Waals surface area contributed by atoms with Crippen molar-refractivity contribution in [3.05, 3.63) is 222 Å². The van der Waals surface area contributed by atoms with E-state index in [1.807, 2.05) is 12.1 Å². The monoisotopic (exact) mass is 665 g/mol. The van der Waals surface area contributed by atoms with Gasteiger partial charge in [0.15, 0.2) is 0 Å². The maximum atomic E-state index is 4.81. The lowest BCUT2D eigenvalue weighted by Crippen LogP contribution is -2.29. The fourth-order valence-corrected chi connectivity index (χ4v) is 7.12. The van der Waals surface area contributed by atoms with Crippen LogP contribution in [0.4, 0.5) is 11.4 Å². The standard InChI is InChI=1S/C50H51N/c1-8-21-38(5)47-29-20-30-49(46(47)10-3)50(7,48(22-9-2)39(6)42-26-16-13-11-12-15-23-37(4)35-42)43-27-19-28-45(36-43)51-44-33-31-41(32-34-44)40-24-17-14-18-25-40/h8-9,11-36,38,51H,2,6,10H2,1,3-5,7H3/b12-11?,13-11?,15-12?,16-13?,21-8-,23-15?,26-16?,37-23?,37-35?,42-26?,42-35?,48-22+. The molecule has 0 saturated carbocycles. The number of aryl methyl sites for hydroxylation is 1. The lowest BCUT2D eigenvalue weighted by molar-refractivity contribution is 0.681. The van der Waals surface area contributed by atoms with Gasteiger partial charge in [-0.1, -0.05) is 178 Å². The quantitative estimate of drug-likeness (QED) is 0.103. The van der Waals surface area contributed by atoms with Gasteiger partial charge in [-0.15, -0.1) is 0 Å². The predicted molar refractivity (Wildman–Crippen MR) is 223 cm³/mol. The maximum absolute atomic E-state index is 4.81. The van der Waals surface area contributed by atoms with Crippen molar-refractivity contribution in [3.8, 4) is 11.1 Å². The fourth-order valence-electron chi connectivity index (χ4n) is 7.12. The Hall–Kier alpha value is -5.66. The number of hydrogen-bond acceptors (Lipinski definition) is 1. The molecule has 0 aromatic heterocycles. The van der Waals surface area contributed by atoms with Crippen molar-refractivity contribution in [1.82, 2.24) is 0 Å². The van der Waals surface area contributed by atoms with E-state index in [0.717, 1.165) is 40.1 Å². The van der Waals surface area contributed by atoms with Crippen molar-refractivity contribution in [2.45, 2.75) is 52.4 Å². The molecule has 0 saturated heterocycles. The molecular formula is C50H51N. The minimum Gasteiger partial charge on any atom is -0.356 e. The Bertz CT molecular complexity index is 2080. The minimum atomic E-state index is -0.575. The summed E-state index contributed by atoms with van der Waals surface area (Å²) in [7, 11) is 0. The zero-order valence-corrected chi connectivity index (χ0v) is 30.9. The molecule has 2 atom stereocenters. The van der Waals surface area contributed by atoms with Crippen molar-refractivity contribution >= 4 is 16.9 Å². The third-order valence-corrected chi connectivity index (χ3v) is 9.76. The van der Waals surface area contributed by atoms with Gasteiger partial charge in [0.1, 0.15) is 0 Å². The molecule has 5 aromatic rings. The van der Waals surface area contributed by atoms with Gasteiger partial charge >= 0.3 is 0 Å². The molecule has 256 valence electrons. The molecule has 0 fully saturated rings. The number of nitrogens with one attached hydrogen (secondary N) is 1. The smallest absolute Gasteiger partial charge is 0.0432 e. The molecule has 0 radical (unpaired) electrons. The van der Waals surface area contributed by atoms with Gasteiger partial charge in [0.25, 0.3) is 0 Å². The Labute approximate surface area is 306 Å². The van der Waals surface area contributed by atoms with E-state index in [2.05, 4.69) is 204 Å². The van der Waals surface area contributed by atoms with Crippen LogP contribution in [-0.2, 0) is 11.8 Å². The molecule has 2 unspecified atom stereocenters. The summed E-state index contributed by atoms with van der Waals surface area (Å²) in [5, 5.41) is 3.70. The van der Waals surface area contributed by atoms with Crippen LogP contribution in [0.1, 0.15) is 67.0 Å². The van der Waals surface area contributed by atoms with Crippen LogP contribution in [0, 0.1) is 6.92 Å². The van der Waals surface area contributed by atoms with Gasteiger partial charge in [-0.05, 0) is 107 Å². The maximum Gasteiger partial charge on any atom is 0.0432 e. The summed E-state index contributed by atoms with van der Waals surface area (Å²) in [6, 6.07) is 51.7. The van der Waals surface area contributed by atoms with E-state index in [9.17, 15) is 0 Å². The first kappa shape index (κ1) is 36.6. The number of anilines is 2. The van der Waals surface area contributed by atoms with Crippen LogP contribution >= 0.6 is 0 Å². The first-order valence-corrected chi connectivity index (χ1v) is 18.0. The summed E-state index contributed by atoms with van der Waals surface area (Å²) < 4.78 is 0. The normalized spacial score (nSPS) is 13.2. The molecule has 51 heavy (non-hydrogen) atoms. The van der Waals surface area contributed by atoms with Crippen molar-refractivity contribution in [3.63, 3.8) is 0 Å².